The summed E-state index contributed by atoms with van der Waals surface area (Å²) in [5, 5.41) is 10.1. The molecule has 0 bridgehead atoms. The van der Waals surface area contributed by atoms with Crippen molar-refractivity contribution in [3.05, 3.63) is 63.5 Å². The Hall–Kier alpha value is -2.22. The van der Waals surface area contributed by atoms with Gasteiger partial charge in [0.1, 0.15) is 5.82 Å². The van der Waals surface area contributed by atoms with Crippen molar-refractivity contribution in [1.82, 2.24) is 15.2 Å². The molecule has 0 fully saturated rings. The van der Waals surface area contributed by atoms with Crippen LogP contribution in [0.1, 0.15) is 17.5 Å². The summed E-state index contributed by atoms with van der Waals surface area (Å²) in [5.74, 6) is 0.621. The SMILES string of the molecule is Cc1c(-c2ccncc2)n[nH]c1NC(=O)CCc1ccc(I)cc1. The van der Waals surface area contributed by atoms with Gasteiger partial charge in [0, 0.05) is 33.5 Å². The molecule has 5 nitrogen and oxygen atoms in total. The van der Waals surface area contributed by atoms with E-state index in [1.807, 2.05) is 31.2 Å². The van der Waals surface area contributed by atoms with Gasteiger partial charge in [-0.2, -0.15) is 5.10 Å². The maximum absolute atomic E-state index is 12.2. The van der Waals surface area contributed by atoms with Gasteiger partial charge in [0.2, 0.25) is 5.91 Å². The Bertz CT molecular complexity index is 828. The van der Waals surface area contributed by atoms with E-state index in [4.69, 9.17) is 0 Å². The molecular formula is C18H17IN4O. The highest BCUT2D eigenvalue weighted by Gasteiger charge is 2.13. The lowest BCUT2D eigenvalue weighted by atomic mass is 10.1. The van der Waals surface area contributed by atoms with Gasteiger partial charge >= 0.3 is 0 Å². The Balaban J connectivity index is 1.63. The van der Waals surface area contributed by atoms with Gasteiger partial charge in [-0.1, -0.05) is 12.1 Å². The smallest absolute Gasteiger partial charge is 0.225 e. The highest BCUT2D eigenvalue weighted by atomic mass is 127. The van der Waals surface area contributed by atoms with Crippen molar-refractivity contribution >= 4 is 34.3 Å². The van der Waals surface area contributed by atoms with Crippen molar-refractivity contribution in [2.24, 2.45) is 0 Å². The van der Waals surface area contributed by atoms with Crippen LogP contribution in [0.2, 0.25) is 0 Å². The van der Waals surface area contributed by atoms with Crippen molar-refractivity contribution in [2.75, 3.05) is 5.32 Å². The van der Waals surface area contributed by atoms with Crippen LogP contribution >= 0.6 is 22.6 Å². The number of aromatic nitrogens is 3. The molecule has 3 aromatic rings. The third kappa shape index (κ3) is 4.00. The first-order chi connectivity index (χ1) is 11.6. The summed E-state index contributed by atoms with van der Waals surface area (Å²) in [5.41, 5.74) is 3.87. The number of anilines is 1. The molecule has 3 rings (SSSR count). The molecule has 122 valence electrons. The number of hydrogen-bond acceptors (Lipinski definition) is 3. The number of nitrogens with one attached hydrogen (secondary N) is 2. The van der Waals surface area contributed by atoms with Crippen LogP contribution in [0.15, 0.2) is 48.8 Å². The number of pyridine rings is 1. The zero-order chi connectivity index (χ0) is 16.9. The van der Waals surface area contributed by atoms with E-state index in [1.165, 1.54) is 3.57 Å². The Morgan fingerprint density at radius 1 is 1.17 bits per heavy atom. The average molecular weight is 432 g/mol. The third-order valence-electron chi connectivity index (χ3n) is 3.78. The summed E-state index contributed by atoms with van der Waals surface area (Å²) >= 11 is 2.27. The standard InChI is InChI=1S/C18H17IN4O/c1-12-17(14-8-10-20-11-9-14)22-23-18(12)21-16(24)7-4-13-2-5-15(19)6-3-13/h2-3,5-6,8-11H,4,7H2,1H3,(H2,21,22,23,24). The normalized spacial score (nSPS) is 10.6. The summed E-state index contributed by atoms with van der Waals surface area (Å²) in [7, 11) is 0. The first kappa shape index (κ1) is 16.6. The number of aromatic amines is 1. The van der Waals surface area contributed by atoms with Gasteiger partial charge in [-0.05, 0) is 65.8 Å². The van der Waals surface area contributed by atoms with Crippen LogP contribution in [-0.2, 0) is 11.2 Å². The molecule has 2 N–H and O–H groups in total. The number of hydrogen-bond donors (Lipinski definition) is 2. The van der Waals surface area contributed by atoms with Crippen LogP contribution in [0.5, 0.6) is 0 Å². The van der Waals surface area contributed by atoms with Crippen LogP contribution in [0.25, 0.3) is 11.3 Å². The van der Waals surface area contributed by atoms with Crippen molar-refractivity contribution in [3.8, 4) is 11.3 Å². The Morgan fingerprint density at radius 2 is 1.88 bits per heavy atom. The Morgan fingerprint density at radius 3 is 2.58 bits per heavy atom. The minimum atomic E-state index is -0.0263. The summed E-state index contributed by atoms with van der Waals surface area (Å²) in [6, 6.07) is 12.0. The zero-order valence-electron chi connectivity index (χ0n) is 13.2. The van der Waals surface area contributed by atoms with Gasteiger partial charge in [0.15, 0.2) is 0 Å². The van der Waals surface area contributed by atoms with E-state index in [-0.39, 0.29) is 5.91 Å². The fourth-order valence-electron chi connectivity index (χ4n) is 2.42. The molecule has 6 heteroatoms. The number of aryl methyl sites for hydroxylation is 1. The highest BCUT2D eigenvalue weighted by molar-refractivity contribution is 14.1. The van der Waals surface area contributed by atoms with Crippen LogP contribution in [-0.4, -0.2) is 21.1 Å². The number of carbonyl (C=O) groups excluding carboxylic acids is 1. The van der Waals surface area contributed by atoms with Crippen LogP contribution in [0, 0.1) is 10.5 Å². The topological polar surface area (TPSA) is 70.7 Å². The van der Waals surface area contributed by atoms with Gasteiger partial charge in [-0.15, -0.1) is 0 Å². The molecule has 1 amide bonds. The second-order valence-corrected chi connectivity index (χ2v) is 6.73. The predicted molar refractivity (Wildman–Crippen MR) is 103 cm³/mol. The molecule has 0 radical (unpaired) electrons. The van der Waals surface area contributed by atoms with E-state index in [2.05, 4.69) is 55.2 Å². The maximum atomic E-state index is 12.2. The molecule has 0 saturated carbocycles. The Kier molecular flexibility index (Phi) is 5.24. The van der Waals surface area contributed by atoms with Gasteiger partial charge < -0.3 is 5.32 Å². The summed E-state index contributed by atoms with van der Waals surface area (Å²) < 4.78 is 1.19. The fourth-order valence-corrected chi connectivity index (χ4v) is 2.78. The molecule has 0 saturated heterocycles. The van der Waals surface area contributed by atoms with Crippen molar-refractivity contribution < 1.29 is 4.79 Å². The monoisotopic (exact) mass is 432 g/mol. The zero-order valence-corrected chi connectivity index (χ0v) is 15.4. The second-order valence-electron chi connectivity index (χ2n) is 5.48. The molecule has 0 aliphatic heterocycles. The molecule has 0 aliphatic rings. The van der Waals surface area contributed by atoms with Crippen LogP contribution in [0.3, 0.4) is 0 Å². The minimum absolute atomic E-state index is 0.0263. The molecule has 0 atom stereocenters. The Labute approximate surface area is 154 Å². The molecule has 24 heavy (non-hydrogen) atoms. The lowest BCUT2D eigenvalue weighted by Crippen LogP contribution is -2.13. The number of amides is 1. The van der Waals surface area contributed by atoms with E-state index in [0.717, 1.165) is 22.4 Å². The van der Waals surface area contributed by atoms with E-state index >= 15 is 0 Å². The van der Waals surface area contributed by atoms with Gasteiger partial charge in [0.25, 0.3) is 0 Å². The lowest BCUT2D eigenvalue weighted by Gasteiger charge is -2.05. The number of benzene rings is 1. The quantitative estimate of drug-likeness (QED) is 0.600. The number of H-pyrrole nitrogens is 1. The van der Waals surface area contributed by atoms with Crippen LogP contribution in [0.4, 0.5) is 5.82 Å². The fraction of sp³-hybridized carbons (Fsp3) is 0.167. The predicted octanol–water partition coefficient (Wildman–Crippen LogP) is 3.96. The van der Waals surface area contributed by atoms with Gasteiger partial charge in [0.05, 0.1) is 5.69 Å². The number of rotatable bonds is 5. The first-order valence-electron chi connectivity index (χ1n) is 7.63. The van der Waals surface area contributed by atoms with E-state index in [1.54, 1.807) is 12.4 Å². The van der Waals surface area contributed by atoms with Crippen molar-refractivity contribution in [3.63, 3.8) is 0 Å². The second kappa shape index (κ2) is 7.57. The number of halogens is 1. The van der Waals surface area contributed by atoms with E-state index in [9.17, 15) is 4.79 Å². The molecule has 0 aliphatic carbocycles. The third-order valence-corrected chi connectivity index (χ3v) is 4.50. The van der Waals surface area contributed by atoms with E-state index in [0.29, 0.717) is 18.7 Å². The maximum Gasteiger partial charge on any atom is 0.225 e. The summed E-state index contributed by atoms with van der Waals surface area (Å²) in [6.45, 7) is 1.94. The molecule has 0 spiro atoms. The van der Waals surface area contributed by atoms with Crippen LogP contribution < -0.4 is 5.32 Å². The molecule has 0 unspecified atom stereocenters. The first-order valence-corrected chi connectivity index (χ1v) is 8.71. The molecule has 1 aromatic carbocycles. The van der Waals surface area contributed by atoms with Crippen molar-refractivity contribution in [1.29, 1.82) is 0 Å². The van der Waals surface area contributed by atoms with Crippen molar-refractivity contribution in [2.45, 2.75) is 19.8 Å². The average Bonchev–Trinajstić information content (AvgIpc) is 2.96. The molecule has 2 aromatic heterocycles. The van der Waals surface area contributed by atoms with E-state index < -0.39 is 0 Å². The molecule has 2 heterocycles. The highest BCUT2D eigenvalue weighted by Crippen LogP contribution is 2.25. The lowest BCUT2D eigenvalue weighted by molar-refractivity contribution is -0.116. The largest absolute Gasteiger partial charge is 0.311 e. The summed E-state index contributed by atoms with van der Waals surface area (Å²) in [4.78, 5) is 16.2. The van der Waals surface area contributed by atoms with Gasteiger partial charge in [-0.3, -0.25) is 14.9 Å². The number of nitrogens with zero attached hydrogens (tertiary/aromatic N) is 2. The molecular weight excluding hydrogens is 415 g/mol. The number of carbonyl (C=O) groups is 1. The minimum Gasteiger partial charge on any atom is -0.311 e. The van der Waals surface area contributed by atoms with Gasteiger partial charge in [-0.25, -0.2) is 0 Å². The summed E-state index contributed by atoms with van der Waals surface area (Å²) in [6.07, 6.45) is 4.60.